The Morgan fingerprint density at radius 3 is 1.88 bits per heavy atom. The van der Waals surface area contributed by atoms with E-state index in [0.717, 1.165) is 38.3 Å². The molecule has 0 aromatic heterocycles. The Morgan fingerprint density at radius 2 is 1.46 bits per heavy atom. The standard InChI is InChI=1S/C14H13NO9S2/c1-7(16)15-12-6-10(26(21,22)23)4-8-3-9(25(18,19)20)5-11(13(8)12)14(17)24-2/h3-6H,1-2H3,(H,15,16)(H,18,19,20)(H,21,22,23). The number of ether oxygens (including phenoxy) is 1. The van der Waals surface area contributed by atoms with Crippen molar-refractivity contribution in [1.82, 2.24) is 0 Å². The van der Waals surface area contributed by atoms with Crippen LogP contribution in [0.3, 0.4) is 0 Å². The Kier molecular flexibility index (Phi) is 5.05. The summed E-state index contributed by atoms with van der Waals surface area (Å²) in [7, 11) is -8.44. The summed E-state index contributed by atoms with van der Waals surface area (Å²) in [6, 6.07) is 3.49. The number of benzene rings is 2. The highest BCUT2D eigenvalue weighted by molar-refractivity contribution is 7.86. The van der Waals surface area contributed by atoms with Gasteiger partial charge in [-0.15, -0.1) is 0 Å². The summed E-state index contributed by atoms with van der Waals surface area (Å²) in [5, 5.41) is 2.11. The SMILES string of the molecule is COC(=O)c1cc(S(=O)(=O)O)cc2cc(S(=O)(=O)O)cc(NC(C)=O)c12. The maximum absolute atomic E-state index is 12.0. The minimum atomic E-state index is -4.75. The first-order valence-corrected chi connectivity index (χ1v) is 9.65. The summed E-state index contributed by atoms with van der Waals surface area (Å²) < 4.78 is 68.9. The molecule has 1 amide bonds. The van der Waals surface area contributed by atoms with E-state index >= 15 is 0 Å². The number of rotatable bonds is 4. The van der Waals surface area contributed by atoms with Crippen LogP contribution in [0.25, 0.3) is 10.8 Å². The van der Waals surface area contributed by atoms with E-state index in [1.54, 1.807) is 0 Å². The summed E-state index contributed by atoms with van der Waals surface area (Å²) in [5.41, 5.74) is -0.520. The average molecular weight is 403 g/mol. The lowest BCUT2D eigenvalue weighted by Gasteiger charge is -2.14. The molecule has 0 saturated heterocycles. The van der Waals surface area contributed by atoms with Gasteiger partial charge in [0.25, 0.3) is 20.2 Å². The van der Waals surface area contributed by atoms with Gasteiger partial charge in [0, 0.05) is 12.3 Å². The van der Waals surface area contributed by atoms with E-state index in [4.69, 9.17) is 0 Å². The second kappa shape index (κ2) is 6.64. The van der Waals surface area contributed by atoms with Crippen LogP contribution >= 0.6 is 0 Å². The summed E-state index contributed by atoms with van der Waals surface area (Å²) in [5.74, 6) is -1.61. The number of hydrogen-bond acceptors (Lipinski definition) is 7. The van der Waals surface area contributed by atoms with E-state index < -0.39 is 41.9 Å². The molecule has 0 aliphatic heterocycles. The fraction of sp³-hybridized carbons (Fsp3) is 0.143. The van der Waals surface area contributed by atoms with Gasteiger partial charge < -0.3 is 10.1 Å². The van der Waals surface area contributed by atoms with E-state index in [1.807, 2.05) is 0 Å². The molecule has 0 heterocycles. The molecule has 3 N–H and O–H groups in total. The number of carbonyl (C=O) groups is 2. The lowest BCUT2D eigenvalue weighted by atomic mass is 10.0. The smallest absolute Gasteiger partial charge is 0.338 e. The summed E-state index contributed by atoms with van der Waals surface area (Å²) >= 11 is 0. The minimum Gasteiger partial charge on any atom is -0.465 e. The van der Waals surface area contributed by atoms with Gasteiger partial charge in [-0.2, -0.15) is 16.8 Å². The molecular weight excluding hydrogens is 390 g/mol. The molecule has 0 aliphatic carbocycles. The molecule has 0 spiro atoms. The average Bonchev–Trinajstić information content (AvgIpc) is 2.50. The van der Waals surface area contributed by atoms with Crippen molar-refractivity contribution in [3.05, 3.63) is 29.8 Å². The van der Waals surface area contributed by atoms with E-state index in [9.17, 15) is 35.5 Å². The number of esters is 1. The first-order valence-electron chi connectivity index (χ1n) is 6.77. The zero-order valence-corrected chi connectivity index (χ0v) is 15.0. The van der Waals surface area contributed by atoms with Crippen LogP contribution in [0.1, 0.15) is 17.3 Å². The first kappa shape index (κ1) is 19.8. The number of nitrogens with one attached hydrogen (secondary N) is 1. The zero-order chi connectivity index (χ0) is 19.9. The van der Waals surface area contributed by atoms with Crippen molar-refractivity contribution < 1.29 is 40.3 Å². The molecule has 0 aliphatic rings. The molecule has 10 nitrogen and oxygen atoms in total. The minimum absolute atomic E-state index is 0.0353. The van der Waals surface area contributed by atoms with Crippen molar-refractivity contribution >= 4 is 48.6 Å². The molecule has 0 atom stereocenters. The van der Waals surface area contributed by atoms with Crippen molar-refractivity contribution in [1.29, 1.82) is 0 Å². The van der Waals surface area contributed by atoms with Gasteiger partial charge in [0.1, 0.15) is 0 Å². The molecule has 2 aromatic rings. The second-order valence-corrected chi connectivity index (χ2v) is 8.01. The van der Waals surface area contributed by atoms with E-state index in [-0.39, 0.29) is 22.0 Å². The highest BCUT2D eigenvalue weighted by Crippen LogP contribution is 2.33. The number of fused-ring (bicyclic) bond motifs is 1. The summed E-state index contributed by atoms with van der Waals surface area (Å²) in [6.07, 6.45) is 0. The Balaban J connectivity index is 3.07. The van der Waals surface area contributed by atoms with Crippen molar-refractivity contribution in [2.45, 2.75) is 16.7 Å². The van der Waals surface area contributed by atoms with Gasteiger partial charge in [-0.1, -0.05) is 0 Å². The molecule has 26 heavy (non-hydrogen) atoms. The molecule has 140 valence electrons. The van der Waals surface area contributed by atoms with Crippen LogP contribution in [-0.4, -0.2) is 44.9 Å². The van der Waals surface area contributed by atoms with Crippen LogP contribution in [-0.2, 0) is 29.8 Å². The fourth-order valence-electron chi connectivity index (χ4n) is 2.32. The van der Waals surface area contributed by atoms with E-state index in [0.29, 0.717) is 0 Å². The Labute approximate surface area is 148 Å². The van der Waals surface area contributed by atoms with Gasteiger partial charge in [-0.25, -0.2) is 4.79 Å². The predicted octanol–water partition coefficient (Wildman–Crippen LogP) is 1.08. The first-order chi connectivity index (χ1) is 11.8. The third-order valence-electron chi connectivity index (χ3n) is 3.31. The van der Waals surface area contributed by atoms with Crippen LogP contribution in [0.4, 0.5) is 5.69 Å². The molecule has 0 fully saturated rings. The quantitative estimate of drug-likeness (QED) is 0.500. The molecular formula is C14H13NO9S2. The number of carbonyl (C=O) groups excluding carboxylic acids is 2. The summed E-state index contributed by atoms with van der Waals surface area (Å²) in [4.78, 5) is 22.1. The molecule has 0 unspecified atom stereocenters. The van der Waals surface area contributed by atoms with Crippen LogP contribution in [0, 0.1) is 0 Å². The Hall–Kier alpha value is -2.54. The topological polar surface area (TPSA) is 164 Å². The normalized spacial score (nSPS) is 12.0. The molecule has 2 aromatic carbocycles. The zero-order valence-electron chi connectivity index (χ0n) is 13.4. The highest BCUT2D eigenvalue weighted by atomic mass is 32.2. The molecule has 0 saturated carbocycles. The Morgan fingerprint density at radius 1 is 0.962 bits per heavy atom. The lowest BCUT2D eigenvalue weighted by Crippen LogP contribution is -2.12. The van der Waals surface area contributed by atoms with Crippen LogP contribution < -0.4 is 5.32 Å². The van der Waals surface area contributed by atoms with Gasteiger partial charge in [0.15, 0.2) is 0 Å². The largest absolute Gasteiger partial charge is 0.465 e. The van der Waals surface area contributed by atoms with Gasteiger partial charge >= 0.3 is 5.97 Å². The van der Waals surface area contributed by atoms with Gasteiger partial charge in [-0.05, 0) is 29.7 Å². The lowest BCUT2D eigenvalue weighted by molar-refractivity contribution is -0.114. The molecule has 12 heteroatoms. The monoisotopic (exact) mass is 403 g/mol. The van der Waals surface area contributed by atoms with E-state index in [2.05, 4.69) is 10.1 Å². The van der Waals surface area contributed by atoms with Crippen LogP contribution in [0.15, 0.2) is 34.1 Å². The van der Waals surface area contributed by atoms with Crippen molar-refractivity contribution in [2.24, 2.45) is 0 Å². The third-order valence-corrected chi connectivity index (χ3v) is 4.97. The molecule has 0 bridgehead atoms. The van der Waals surface area contributed by atoms with Gasteiger partial charge in [-0.3, -0.25) is 13.9 Å². The fourth-order valence-corrected chi connectivity index (χ4v) is 3.40. The van der Waals surface area contributed by atoms with Gasteiger partial charge in [0.2, 0.25) is 5.91 Å². The van der Waals surface area contributed by atoms with Crippen LogP contribution in [0.2, 0.25) is 0 Å². The third kappa shape index (κ3) is 3.99. The molecule has 2 rings (SSSR count). The Bertz CT molecular complexity index is 1130. The number of methoxy groups -OCH3 is 1. The highest BCUT2D eigenvalue weighted by Gasteiger charge is 2.23. The van der Waals surface area contributed by atoms with Crippen molar-refractivity contribution in [2.75, 3.05) is 12.4 Å². The predicted molar refractivity (Wildman–Crippen MR) is 89.2 cm³/mol. The second-order valence-electron chi connectivity index (χ2n) is 5.16. The maximum atomic E-state index is 12.0. The number of amides is 1. The number of hydrogen-bond donors (Lipinski definition) is 3. The summed E-state index contributed by atoms with van der Waals surface area (Å²) in [6.45, 7) is 1.12. The van der Waals surface area contributed by atoms with E-state index in [1.165, 1.54) is 0 Å². The molecule has 0 radical (unpaired) electrons. The number of anilines is 1. The van der Waals surface area contributed by atoms with Crippen LogP contribution in [0.5, 0.6) is 0 Å². The van der Waals surface area contributed by atoms with Gasteiger partial charge in [0.05, 0.1) is 28.2 Å². The van der Waals surface area contributed by atoms with Crippen molar-refractivity contribution in [3.8, 4) is 0 Å². The van der Waals surface area contributed by atoms with Crippen molar-refractivity contribution in [3.63, 3.8) is 0 Å². The maximum Gasteiger partial charge on any atom is 0.338 e.